The molecular weight excluding hydrogens is 148 g/mol. The van der Waals surface area contributed by atoms with Crippen LogP contribution in [0.2, 0.25) is 0 Å². The van der Waals surface area contributed by atoms with Gasteiger partial charge in [0.1, 0.15) is 0 Å². The highest BCUT2D eigenvalue weighted by atomic mass is 35.5. The fraction of sp³-hybridized carbons (Fsp3) is 0.857. The molecule has 0 atom stereocenters. The van der Waals surface area contributed by atoms with Crippen molar-refractivity contribution in [2.45, 2.75) is 25.7 Å². The second-order valence-corrected chi connectivity index (χ2v) is 3.16. The molecule has 1 aliphatic carbocycles. The molecule has 1 spiro atoms. The standard InChI is InChI=1S/C7H12N2.ClH/c1-2-4-7(3-1)5-8-9-6-7;/h5,9H,1-4,6H2;1H. The summed E-state index contributed by atoms with van der Waals surface area (Å²) >= 11 is 0. The van der Waals surface area contributed by atoms with E-state index in [9.17, 15) is 0 Å². The van der Waals surface area contributed by atoms with Gasteiger partial charge in [0.25, 0.3) is 0 Å². The Hall–Kier alpha value is -0.240. The summed E-state index contributed by atoms with van der Waals surface area (Å²) in [4.78, 5) is 0. The Morgan fingerprint density at radius 2 is 2.00 bits per heavy atom. The summed E-state index contributed by atoms with van der Waals surface area (Å²) in [6.45, 7) is 1.09. The number of hydrazone groups is 1. The Morgan fingerprint density at radius 3 is 2.50 bits per heavy atom. The van der Waals surface area contributed by atoms with Gasteiger partial charge < -0.3 is 5.43 Å². The average molecular weight is 161 g/mol. The minimum absolute atomic E-state index is 0. The average Bonchev–Trinajstić information content (AvgIpc) is 2.45. The smallest absolute Gasteiger partial charge is 0.0436 e. The normalized spacial score (nSPS) is 26.4. The highest BCUT2D eigenvalue weighted by molar-refractivity contribution is 5.85. The molecule has 0 unspecified atom stereocenters. The molecule has 1 heterocycles. The van der Waals surface area contributed by atoms with Crippen molar-refractivity contribution in [2.24, 2.45) is 10.5 Å². The largest absolute Gasteiger partial charge is 0.309 e. The molecule has 0 bridgehead atoms. The molecule has 0 radical (unpaired) electrons. The molecule has 0 saturated heterocycles. The summed E-state index contributed by atoms with van der Waals surface area (Å²) in [6, 6.07) is 0. The van der Waals surface area contributed by atoms with Crippen LogP contribution in [-0.4, -0.2) is 12.8 Å². The Balaban J connectivity index is 0.000000500. The lowest BCUT2D eigenvalue weighted by Crippen LogP contribution is -2.22. The van der Waals surface area contributed by atoms with Gasteiger partial charge in [0.05, 0.1) is 0 Å². The maximum absolute atomic E-state index is 4.04. The lowest BCUT2D eigenvalue weighted by Gasteiger charge is -2.15. The molecule has 1 fully saturated rings. The van der Waals surface area contributed by atoms with E-state index < -0.39 is 0 Å². The van der Waals surface area contributed by atoms with Crippen LogP contribution < -0.4 is 5.43 Å². The number of halogens is 1. The van der Waals surface area contributed by atoms with Crippen LogP contribution in [0.5, 0.6) is 0 Å². The molecule has 0 amide bonds. The third kappa shape index (κ3) is 1.12. The zero-order valence-electron chi connectivity index (χ0n) is 5.97. The van der Waals surface area contributed by atoms with Gasteiger partial charge in [0, 0.05) is 18.2 Å². The summed E-state index contributed by atoms with van der Waals surface area (Å²) in [7, 11) is 0. The number of hydrogen-bond acceptors (Lipinski definition) is 2. The van der Waals surface area contributed by atoms with Gasteiger partial charge in [0.15, 0.2) is 0 Å². The predicted octanol–water partition coefficient (Wildman–Crippen LogP) is 1.56. The number of rotatable bonds is 0. The topological polar surface area (TPSA) is 24.4 Å². The molecule has 0 aromatic carbocycles. The highest BCUT2D eigenvalue weighted by Crippen LogP contribution is 2.37. The van der Waals surface area contributed by atoms with Crippen molar-refractivity contribution in [3.05, 3.63) is 0 Å². The van der Waals surface area contributed by atoms with E-state index >= 15 is 0 Å². The fourth-order valence-corrected chi connectivity index (χ4v) is 1.82. The molecular formula is C7H13ClN2. The van der Waals surface area contributed by atoms with Gasteiger partial charge in [-0.2, -0.15) is 5.10 Å². The fourth-order valence-electron chi connectivity index (χ4n) is 1.82. The van der Waals surface area contributed by atoms with Crippen molar-refractivity contribution in [3.63, 3.8) is 0 Å². The van der Waals surface area contributed by atoms with Crippen molar-refractivity contribution in [2.75, 3.05) is 6.54 Å². The minimum Gasteiger partial charge on any atom is -0.309 e. The van der Waals surface area contributed by atoms with Gasteiger partial charge in [-0.3, -0.25) is 0 Å². The van der Waals surface area contributed by atoms with E-state index in [1.54, 1.807) is 0 Å². The van der Waals surface area contributed by atoms with Crippen LogP contribution in [0.25, 0.3) is 0 Å². The van der Waals surface area contributed by atoms with Gasteiger partial charge in [-0.05, 0) is 12.8 Å². The minimum atomic E-state index is 0. The van der Waals surface area contributed by atoms with Crippen LogP contribution in [0.4, 0.5) is 0 Å². The van der Waals surface area contributed by atoms with Crippen molar-refractivity contribution in [3.8, 4) is 0 Å². The van der Waals surface area contributed by atoms with Crippen LogP contribution in [0.15, 0.2) is 5.10 Å². The van der Waals surface area contributed by atoms with Gasteiger partial charge in [0.2, 0.25) is 0 Å². The molecule has 3 heteroatoms. The molecule has 1 N–H and O–H groups in total. The predicted molar refractivity (Wildman–Crippen MR) is 44.6 cm³/mol. The van der Waals surface area contributed by atoms with Crippen LogP contribution in [-0.2, 0) is 0 Å². The van der Waals surface area contributed by atoms with Crippen molar-refractivity contribution >= 4 is 18.6 Å². The summed E-state index contributed by atoms with van der Waals surface area (Å²) in [6.07, 6.45) is 7.61. The van der Waals surface area contributed by atoms with E-state index in [1.165, 1.54) is 25.7 Å². The lowest BCUT2D eigenvalue weighted by molar-refractivity contribution is 0.449. The first-order valence-electron chi connectivity index (χ1n) is 3.68. The zero-order chi connectivity index (χ0) is 6.16. The maximum atomic E-state index is 4.04. The van der Waals surface area contributed by atoms with Gasteiger partial charge in [-0.15, -0.1) is 12.4 Å². The SMILES string of the molecule is C1=NNCC12CCCC2.Cl. The molecule has 10 heavy (non-hydrogen) atoms. The Kier molecular flexibility index (Phi) is 2.19. The summed E-state index contributed by atoms with van der Waals surface area (Å²) in [5.74, 6) is 0. The Labute approximate surface area is 67.5 Å². The Bertz CT molecular complexity index is 139. The van der Waals surface area contributed by atoms with Crippen LogP contribution >= 0.6 is 12.4 Å². The second-order valence-electron chi connectivity index (χ2n) is 3.16. The van der Waals surface area contributed by atoms with Gasteiger partial charge >= 0.3 is 0 Å². The number of nitrogens with zero attached hydrogens (tertiary/aromatic N) is 1. The van der Waals surface area contributed by atoms with Crippen LogP contribution in [0.1, 0.15) is 25.7 Å². The Morgan fingerprint density at radius 1 is 1.30 bits per heavy atom. The molecule has 2 rings (SSSR count). The van der Waals surface area contributed by atoms with Gasteiger partial charge in [-0.1, -0.05) is 12.8 Å². The van der Waals surface area contributed by atoms with E-state index in [0.717, 1.165) is 6.54 Å². The van der Waals surface area contributed by atoms with Crippen LogP contribution in [0, 0.1) is 5.41 Å². The number of nitrogens with one attached hydrogen (secondary N) is 1. The first kappa shape index (κ1) is 7.86. The molecule has 2 nitrogen and oxygen atoms in total. The monoisotopic (exact) mass is 160 g/mol. The van der Waals surface area contributed by atoms with E-state index in [0.29, 0.717) is 5.41 Å². The first-order valence-corrected chi connectivity index (χ1v) is 3.68. The van der Waals surface area contributed by atoms with Crippen molar-refractivity contribution in [1.82, 2.24) is 5.43 Å². The third-order valence-electron chi connectivity index (χ3n) is 2.46. The molecule has 0 aromatic heterocycles. The molecule has 58 valence electrons. The van der Waals surface area contributed by atoms with Crippen LogP contribution in [0.3, 0.4) is 0 Å². The maximum Gasteiger partial charge on any atom is 0.0436 e. The van der Waals surface area contributed by atoms with Crippen molar-refractivity contribution < 1.29 is 0 Å². The summed E-state index contributed by atoms with van der Waals surface area (Å²) in [5.41, 5.74) is 3.51. The van der Waals surface area contributed by atoms with Crippen molar-refractivity contribution in [1.29, 1.82) is 0 Å². The molecule has 2 aliphatic rings. The zero-order valence-corrected chi connectivity index (χ0v) is 6.78. The molecule has 1 saturated carbocycles. The highest BCUT2D eigenvalue weighted by Gasteiger charge is 2.34. The lowest BCUT2D eigenvalue weighted by atomic mass is 9.89. The third-order valence-corrected chi connectivity index (χ3v) is 2.46. The number of hydrogen-bond donors (Lipinski definition) is 1. The van der Waals surface area contributed by atoms with E-state index in [2.05, 4.69) is 16.7 Å². The van der Waals surface area contributed by atoms with E-state index in [1.807, 2.05) is 0 Å². The summed E-state index contributed by atoms with van der Waals surface area (Å²) in [5, 5.41) is 4.04. The first-order chi connectivity index (χ1) is 4.41. The van der Waals surface area contributed by atoms with E-state index in [4.69, 9.17) is 0 Å². The molecule has 1 aliphatic heterocycles. The summed E-state index contributed by atoms with van der Waals surface area (Å²) < 4.78 is 0. The molecule has 0 aromatic rings. The quantitative estimate of drug-likeness (QED) is 0.572. The second kappa shape index (κ2) is 2.79. The van der Waals surface area contributed by atoms with Gasteiger partial charge in [-0.25, -0.2) is 0 Å². The van der Waals surface area contributed by atoms with E-state index in [-0.39, 0.29) is 12.4 Å².